The first-order chi connectivity index (χ1) is 9.83. The summed E-state index contributed by atoms with van der Waals surface area (Å²) in [5.74, 6) is -0.469. The lowest BCUT2D eigenvalue weighted by molar-refractivity contribution is 0.275. The fourth-order valence-electron chi connectivity index (χ4n) is 1.71. The van der Waals surface area contributed by atoms with Crippen LogP contribution in [0.4, 0.5) is 10.2 Å². The normalized spacial score (nSPS) is 11.4. The molecule has 0 bridgehead atoms. The second-order valence-electron chi connectivity index (χ2n) is 4.34. The molecule has 1 heterocycles. The Kier molecular flexibility index (Phi) is 4.60. The Morgan fingerprint density at radius 1 is 1.38 bits per heavy atom. The molecule has 0 spiro atoms. The van der Waals surface area contributed by atoms with Gasteiger partial charge in [-0.15, -0.1) is 0 Å². The Morgan fingerprint density at radius 3 is 2.67 bits per heavy atom. The highest BCUT2D eigenvalue weighted by Crippen LogP contribution is 2.21. The first kappa shape index (κ1) is 15.9. The lowest BCUT2D eigenvalue weighted by Gasteiger charge is -2.10. The number of hydrogen-bond donors (Lipinski definition) is 2. The molecule has 1 aromatic heterocycles. The molecule has 0 atom stereocenters. The SMILES string of the molecule is Cc1cc(S(=O)(=O)Nc2ccc(Br)cn2)cc(CO)c1F. The van der Waals surface area contributed by atoms with E-state index < -0.39 is 22.4 Å². The Labute approximate surface area is 130 Å². The summed E-state index contributed by atoms with van der Waals surface area (Å²) in [5, 5.41) is 9.08. The van der Waals surface area contributed by atoms with Gasteiger partial charge in [0.25, 0.3) is 10.0 Å². The molecule has 21 heavy (non-hydrogen) atoms. The molecule has 0 aliphatic rings. The largest absolute Gasteiger partial charge is 0.392 e. The van der Waals surface area contributed by atoms with Crippen LogP contribution in [0.1, 0.15) is 11.1 Å². The zero-order valence-corrected chi connectivity index (χ0v) is 13.4. The monoisotopic (exact) mass is 374 g/mol. The first-order valence-electron chi connectivity index (χ1n) is 5.88. The number of halogens is 2. The summed E-state index contributed by atoms with van der Waals surface area (Å²) in [4.78, 5) is 3.78. The number of aliphatic hydroxyl groups excluding tert-OH is 1. The highest BCUT2D eigenvalue weighted by molar-refractivity contribution is 9.10. The third-order valence-corrected chi connectivity index (χ3v) is 4.55. The van der Waals surface area contributed by atoms with Crippen LogP contribution in [0.25, 0.3) is 0 Å². The topological polar surface area (TPSA) is 79.3 Å². The summed E-state index contributed by atoms with van der Waals surface area (Å²) in [5.41, 5.74) is 0.0739. The van der Waals surface area contributed by atoms with Gasteiger partial charge in [-0.1, -0.05) is 0 Å². The highest BCUT2D eigenvalue weighted by Gasteiger charge is 2.18. The van der Waals surface area contributed by atoms with Gasteiger partial charge in [-0.05, 0) is 52.7 Å². The number of nitrogens with zero attached hydrogens (tertiary/aromatic N) is 1. The van der Waals surface area contributed by atoms with Crippen LogP contribution >= 0.6 is 15.9 Å². The van der Waals surface area contributed by atoms with Crippen molar-refractivity contribution in [2.75, 3.05) is 4.72 Å². The molecule has 0 radical (unpaired) electrons. The minimum atomic E-state index is -3.90. The summed E-state index contributed by atoms with van der Waals surface area (Å²) in [6, 6.07) is 5.43. The molecular weight excluding hydrogens is 363 g/mol. The highest BCUT2D eigenvalue weighted by atomic mass is 79.9. The van der Waals surface area contributed by atoms with E-state index in [1.165, 1.54) is 25.3 Å². The Balaban J connectivity index is 2.40. The zero-order chi connectivity index (χ0) is 15.6. The fourth-order valence-corrected chi connectivity index (χ4v) is 3.09. The van der Waals surface area contributed by atoms with Crippen LogP contribution < -0.4 is 4.72 Å². The maximum atomic E-state index is 13.6. The molecule has 0 amide bonds. The van der Waals surface area contributed by atoms with Gasteiger partial charge in [-0.25, -0.2) is 17.8 Å². The van der Waals surface area contributed by atoms with E-state index in [4.69, 9.17) is 5.11 Å². The second-order valence-corrected chi connectivity index (χ2v) is 6.94. The van der Waals surface area contributed by atoms with Crippen LogP contribution in [0.2, 0.25) is 0 Å². The number of hydrogen-bond acceptors (Lipinski definition) is 4. The third-order valence-electron chi connectivity index (χ3n) is 2.75. The van der Waals surface area contributed by atoms with Crippen LogP contribution in [0.5, 0.6) is 0 Å². The van der Waals surface area contributed by atoms with E-state index in [2.05, 4.69) is 25.6 Å². The molecule has 1 aromatic carbocycles. The van der Waals surface area contributed by atoms with Crippen molar-refractivity contribution < 1.29 is 17.9 Å². The van der Waals surface area contributed by atoms with Gasteiger partial charge in [-0.3, -0.25) is 4.72 Å². The van der Waals surface area contributed by atoms with Gasteiger partial charge < -0.3 is 5.11 Å². The lowest BCUT2D eigenvalue weighted by atomic mass is 10.1. The number of rotatable bonds is 4. The van der Waals surface area contributed by atoms with E-state index in [1.54, 1.807) is 6.07 Å². The maximum absolute atomic E-state index is 13.6. The predicted octanol–water partition coefficient (Wildman–Crippen LogP) is 2.58. The molecule has 2 rings (SSSR count). The van der Waals surface area contributed by atoms with Crippen LogP contribution in [0, 0.1) is 12.7 Å². The minimum Gasteiger partial charge on any atom is -0.392 e. The van der Waals surface area contributed by atoms with Gasteiger partial charge in [-0.2, -0.15) is 0 Å². The van der Waals surface area contributed by atoms with Crippen molar-refractivity contribution in [2.24, 2.45) is 0 Å². The molecule has 0 aliphatic heterocycles. The quantitative estimate of drug-likeness (QED) is 0.861. The molecule has 5 nitrogen and oxygen atoms in total. The molecule has 0 saturated heterocycles. The lowest BCUT2D eigenvalue weighted by Crippen LogP contribution is -2.15. The number of nitrogens with one attached hydrogen (secondary N) is 1. The average Bonchev–Trinajstić information content (AvgIpc) is 2.44. The molecule has 0 unspecified atom stereocenters. The van der Waals surface area contributed by atoms with E-state index in [-0.39, 0.29) is 21.8 Å². The number of aliphatic hydroxyl groups is 1. The van der Waals surface area contributed by atoms with Crippen molar-refractivity contribution in [3.05, 3.63) is 51.9 Å². The molecule has 8 heteroatoms. The van der Waals surface area contributed by atoms with Crippen molar-refractivity contribution in [1.29, 1.82) is 0 Å². The smallest absolute Gasteiger partial charge is 0.263 e. The van der Waals surface area contributed by atoms with Gasteiger partial charge >= 0.3 is 0 Å². The standard InChI is InChI=1S/C13H12BrFN2O3S/c1-8-4-11(5-9(7-18)13(8)15)21(19,20)17-12-3-2-10(14)6-16-12/h2-6,18H,7H2,1H3,(H,16,17). The molecule has 2 N–H and O–H groups in total. The molecule has 0 saturated carbocycles. The van der Waals surface area contributed by atoms with Crippen LogP contribution in [-0.2, 0) is 16.6 Å². The van der Waals surface area contributed by atoms with E-state index in [9.17, 15) is 12.8 Å². The summed E-state index contributed by atoms with van der Waals surface area (Å²) in [7, 11) is -3.90. The van der Waals surface area contributed by atoms with Crippen LogP contribution in [-0.4, -0.2) is 18.5 Å². The van der Waals surface area contributed by atoms with Crippen molar-refractivity contribution in [3.63, 3.8) is 0 Å². The third kappa shape index (κ3) is 3.58. The number of anilines is 1. The zero-order valence-electron chi connectivity index (χ0n) is 11.0. The summed E-state index contributed by atoms with van der Waals surface area (Å²) in [6.45, 7) is 0.859. The Morgan fingerprint density at radius 2 is 2.10 bits per heavy atom. The molecule has 0 fully saturated rings. The second kappa shape index (κ2) is 6.08. The number of benzene rings is 1. The first-order valence-corrected chi connectivity index (χ1v) is 8.15. The van der Waals surface area contributed by atoms with Gasteiger partial charge in [0.2, 0.25) is 0 Å². The Bertz CT molecular complexity index is 764. The number of aromatic nitrogens is 1. The van der Waals surface area contributed by atoms with Crippen molar-refractivity contribution in [2.45, 2.75) is 18.4 Å². The summed E-state index contributed by atoms with van der Waals surface area (Å²) >= 11 is 3.20. The van der Waals surface area contributed by atoms with Crippen molar-refractivity contribution in [1.82, 2.24) is 4.98 Å². The molecule has 2 aromatic rings. The molecular formula is C13H12BrFN2O3S. The predicted molar refractivity (Wildman–Crippen MR) is 79.8 cm³/mol. The number of pyridine rings is 1. The maximum Gasteiger partial charge on any atom is 0.263 e. The van der Waals surface area contributed by atoms with Crippen LogP contribution in [0.15, 0.2) is 39.8 Å². The van der Waals surface area contributed by atoms with Gasteiger partial charge in [0.1, 0.15) is 11.6 Å². The molecule has 0 aliphatic carbocycles. The van der Waals surface area contributed by atoms with E-state index >= 15 is 0 Å². The van der Waals surface area contributed by atoms with E-state index in [0.717, 1.165) is 6.07 Å². The fraction of sp³-hybridized carbons (Fsp3) is 0.154. The summed E-state index contributed by atoms with van der Waals surface area (Å²) < 4.78 is 41.2. The summed E-state index contributed by atoms with van der Waals surface area (Å²) in [6.07, 6.45) is 1.45. The van der Waals surface area contributed by atoms with E-state index in [1.807, 2.05) is 0 Å². The van der Waals surface area contributed by atoms with E-state index in [0.29, 0.717) is 4.47 Å². The van der Waals surface area contributed by atoms with Gasteiger partial charge in [0.05, 0.1) is 11.5 Å². The van der Waals surface area contributed by atoms with Crippen molar-refractivity contribution >= 4 is 31.8 Å². The average molecular weight is 375 g/mol. The number of aryl methyl sites for hydroxylation is 1. The molecule has 112 valence electrons. The Hall–Kier alpha value is -1.51. The number of sulfonamides is 1. The minimum absolute atomic E-state index is 0.0702. The van der Waals surface area contributed by atoms with Gasteiger partial charge in [0, 0.05) is 16.2 Å². The van der Waals surface area contributed by atoms with Crippen LogP contribution in [0.3, 0.4) is 0 Å². The van der Waals surface area contributed by atoms with Crippen molar-refractivity contribution in [3.8, 4) is 0 Å². The van der Waals surface area contributed by atoms with Gasteiger partial charge in [0.15, 0.2) is 0 Å².